The first-order chi connectivity index (χ1) is 13.4. The maximum absolute atomic E-state index is 12.0. The van der Waals surface area contributed by atoms with Crippen LogP contribution in [0, 0.1) is 0 Å². The Morgan fingerprint density at radius 3 is 2.18 bits per heavy atom. The van der Waals surface area contributed by atoms with Gasteiger partial charge < -0.3 is 10.4 Å². The van der Waals surface area contributed by atoms with Crippen LogP contribution < -0.4 is 5.32 Å². The third-order valence-corrected chi connectivity index (χ3v) is 7.38. The van der Waals surface area contributed by atoms with Gasteiger partial charge in [-0.2, -0.15) is 0 Å². The fourth-order valence-corrected chi connectivity index (χ4v) is 5.68. The normalized spacial score (nSPS) is 21.3. The van der Waals surface area contributed by atoms with Crippen LogP contribution in [0.5, 0.6) is 0 Å². The van der Waals surface area contributed by atoms with E-state index in [1.165, 1.54) is 0 Å². The van der Waals surface area contributed by atoms with E-state index in [-0.39, 0.29) is 11.5 Å². The lowest BCUT2D eigenvalue weighted by Crippen LogP contribution is -2.45. The second-order valence-corrected chi connectivity index (χ2v) is 10.0. The van der Waals surface area contributed by atoms with E-state index < -0.39 is 22.0 Å². The summed E-state index contributed by atoms with van der Waals surface area (Å²) in [5, 5.41) is 15.0. The second kappa shape index (κ2) is 9.57. The molecule has 0 spiro atoms. The molecule has 2 aromatic carbocycles. The monoisotopic (exact) mass is 442 g/mol. The molecule has 0 radical (unpaired) electrons. The van der Waals surface area contributed by atoms with E-state index in [4.69, 9.17) is 23.2 Å². The van der Waals surface area contributed by atoms with Crippen molar-refractivity contribution in [3.63, 3.8) is 0 Å². The summed E-state index contributed by atoms with van der Waals surface area (Å²) in [5.74, 6) is -0.229. The molecule has 0 aromatic heterocycles. The summed E-state index contributed by atoms with van der Waals surface area (Å²) in [7, 11) is -3.23. The van der Waals surface area contributed by atoms with Crippen LogP contribution in [0.1, 0.15) is 11.1 Å². The molecular formula is C20H24Cl2N2O3S. The molecule has 2 N–H and O–H groups in total. The summed E-state index contributed by atoms with van der Waals surface area (Å²) in [4.78, 5) is 2.00. The highest BCUT2D eigenvalue weighted by molar-refractivity contribution is 7.91. The first-order valence-electron chi connectivity index (χ1n) is 9.16. The van der Waals surface area contributed by atoms with Gasteiger partial charge in [0.2, 0.25) is 0 Å². The number of benzene rings is 2. The highest BCUT2D eigenvalue weighted by Gasteiger charge is 2.39. The summed E-state index contributed by atoms with van der Waals surface area (Å²) in [6, 6.07) is 14.7. The topological polar surface area (TPSA) is 69.6 Å². The van der Waals surface area contributed by atoms with Crippen LogP contribution in [0.3, 0.4) is 0 Å². The van der Waals surface area contributed by atoms with Crippen LogP contribution in [0.25, 0.3) is 0 Å². The Labute approximate surface area is 176 Å². The molecule has 28 heavy (non-hydrogen) atoms. The fraction of sp³-hybridized carbons (Fsp3) is 0.400. The highest BCUT2D eigenvalue weighted by atomic mass is 35.5. The number of nitrogens with zero attached hydrogens (tertiary/aromatic N) is 1. The number of sulfone groups is 1. The van der Waals surface area contributed by atoms with Crippen molar-refractivity contribution >= 4 is 33.0 Å². The Kier molecular flexibility index (Phi) is 7.36. The van der Waals surface area contributed by atoms with Gasteiger partial charge in [-0.05, 0) is 23.3 Å². The molecule has 1 aliphatic rings. The number of halogens is 2. The standard InChI is InChI=1S/C20H24Cl2N2O3S/c21-17-7-3-1-5-15(17)11-23-9-10-24(12-16-6-2-4-8-18(16)22)19-13-28(26,27)14-20(19)25/h1-8,19-20,23,25H,9-14H2/t19-,20+/m0/s1. The Morgan fingerprint density at radius 2 is 1.61 bits per heavy atom. The van der Waals surface area contributed by atoms with Gasteiger partial charge >= 0.3 is 0 Å². The molecule has 2 aromatic rings. The molecular weight excluding hydrogens is 419 g/mol. The summed E-state index contributed by atoms with van der Waals surface area (Å²) in [6.45, 7) is 2.29. The van der Waals surface area contributed by atoms with E-state index in [1.807, 2.05) is 53.4 Å². The first-order valence-corrected chi connectivity index (χ1v) is 11.7. The summed E-state index contributed by atoms with van der Waals surface area (Å²) in [6.07, 6.45) is -0.893. The maximum Gasteiger partial charge on any atom is 0.154 e. The lowest BCUT2D eigenvalue weighted by molar-refractivity contribution is 0.0786. The van der Waals surface area contributed by atoms with Crippen LogP contribution in [-0.4, -0.2) is 55.2 Å². The lowest BCUT2D eigenvalue weighted by atomic mass is 10.1. The van der Waals surface area contributed by atoms with Crippen LogP contribution >= 0.6 is 23.2 Å². The third-order valence-electron chi connectivity index (χ3n) is 4.94. The Hall–Kier alpha value is -1.15. The minimum atomic E-state index is -3.23. The van der Waals surface area contributed by atoms with Crippen molar-refractivity contribution in [3.8, 4) is 0 Å². The van der Waals surface area contributed by atoms with Crippen LogP contribution in [-0.2, 0) is 22.9 Å². The van der Waals surface area contributed by atoms with Crippen molar-refractivity contribution < 1.29 is 13.5 Å². The summed E-state index contributed by atoms with van der Waals surface area (Å²) >= 11 is 12.5. The molecule has 3 rings (SSSR count). The second-order valence-electron chi connectivity index (χ2n) is 7.04. The van der Waals surface area contributed by atoms with E-state index in [9.17, 15) is 13.5 Å². The predicted octanol–water partition coefficient (Wildman–Crippen LogP) is 2.74. The van der Waals surface area contributed by atoms with Crippen molar-refractivity contribution in [1.29, 1.82) is 0 Å². The minimum Gasteiger partial charge on any atom is -0.390 e. The zero-order valence-electron chi connectivity index (χ0n) is 15.4. The molecule has 2 atom stereocenters. The average molecular weight is 443 g/mol. The van der Waals surface area contributed by atoms with Crippen molar-refractivity contribution in [2.75, 3.05) is 24.6 Å². The lowest BCUT2D eigenvalue weighted by Gasteiger charge is -2.30. The molecule has 0 amide bonds. The van der Waals surface area contributed by atoms with Gasteiger partial charge in [-0.15, -0.1) is 0 Å². The van der Waals surface area contributed by atoms with E-state index in [0.29, 0.717) is 36.2 Å². The van der Waals surface area contributed by atoms with Gasteiger partial charge in [-0.1, -0.05) is 59.6 Å². The molecule has 1 aliphatic heterocycles. The van der Waals surface area contributed by atoms with Crippen LogP contribution in [0.15, 0.2) is 48.5 Å². The molecule has 0 bridgehead atoms. The van der Waals surface area contributed by atoms with Crippen molar-refractivity contribution in [2.45, 2.75) is 25.2 Å². The van der Waals surface area contributed by atoms with Gasteiger partial charge in [0.05, 0.1) is 23.7 Å². The molecule has 1 saturated heterocycles. The predicted molar refractivity (Wildman–Crippen MR) is 113 cm³/mol. The molecule has 8 heteroatoms. The SMILES string of the molecule is O=S1(=O)C[C@@H](O)[C@@H](N(CCNCc2ccccc2Cl)Cc2ccccc2Cl)C1. The number of hydrogen-bond donors (Lipinski definition) is 2. The molecule has 5 nitrogen and oxygen atoms in total. The van der Waals surface area contributed by atoms with Crippen molar-refractivity contribution in [1.82, 2.24) is 10.2 Å². The first kappa shape index (κ1) is 21.6. The Morgan fingerprint density at radius 1 is 1.00 bits per heavy atom. The zero-order valence-corrected chi connectivity index (χ0v) is 17.7. The van der Waals surface area contributed by atoms with Gasteiger partial charge in [-0.3, -0.25) is 4.90 Å². The van der Waals surface area contributed by atoms with Gasteiger partial charge in [0.1, 0.15) is 0 Å². The largest absolute Gasteiger partial charge is 0.390 e. The Balaban J connectivity index is 1.66. The molecule has 1 fully saturated rings. The number of nitrogens with one attached hydrogen (secondary N) is 1. The average Bonchev–Trinajstić information content (AvgIpc) is 2.93. The van der Waals surface area contributed by atoms with Gasteiger partial charge in [0.25, 0.3) is 0 Å². The van der Waals surface area contributed by atoms with Crippen molar-refractivity contribution in [3.05, 3.63) is 69.7 Å². The third kappa shape index (κ3) is 5.69. The molecule has 1 heterocycles. The number of aliphatic hydroxyl groups is 1. The van der Waals surface area contributed by atoms with E-state index in [1.54, 1.807) is 0 Å². The van der Waals surface area contributed by atoms with Gasteiger partial charge in [-0.25, -0.2) is 8.42 Å². The van der Waals surface area contributed by atoms with Gasteiger partial charge in [0.15, 0.2) is 9.84 Å². The quantitative estimate of drug-likeness (QED) is 0.615. The number of rotatable bonds is 8. The summed E-state index contributed by atoms with van der Waals surface area (Å²) < 4.78 is 24.0. The fourth-order valence-electron chi connectivity index (χ4n) is 3.45. The zero-order chi connectivity index (χ0) is 20.1. The smallest absolute Gasteiger partial charge is 0.154 e. The van der Waals surface area contributed by atoms with E-state index >= 15 is 0 Å². The molecule has 0 aliphatic carbocycles. The molecule has 0 unspecified atom stereocenters. The highest BCUT2D eigenvalue weighted by Crippen LogP contribution is 2.23. The number of aliphatic hydroxyl groups excluding tert-OH is 1. The maximum atomic E-state index is 12.0. The summed E-state index contributed by atoms with van der Waals surface area (Å²) in [5.41, 5.74) is 1.91. The molecule has 0 saturated carbocycles. The van der Waals surface area contributed by atoms with Crippen LogP contribution in [0.2, 0.25) is 10.0 Å². The Bertz CT molecular complexity index is 908. The molecule has 152 valence electrons. The van der Waals surface area contributed by atoms with E-state index in [2.05, 4.69) is 5.32 Å². The van der Waals surface area contributed by atoms with Crippen LogP contribution in [0.4, 0.5) is 0 Å². The van der Waals surface area contributed by atoms with Gasteiger partial charge in [0, 0.05) is 36.2 Å². The minimum absolute atomic E-state index is 0.0386. The number of hydrogen-bond acceptors (Lipinski definition) is 5. The van der Waals surface area contributed by atoms with Crippen molar-refractivity contribution in [2.24, 2.45) is 0 Å². The van der Waals surface area contributed by atoms with E-state index in [0.717, 1.165) is 11.1 Å².